The summed E-state index contributed by atoms with van der Waals surface area (Å²) in [4.78, 5) is 0.314. The molecular formula is C8H6FNOS. The van der Waals surface area contributed by atoms with Crippen LogP contribution in [0.4, 0.5) is 4.39 Å². The van der Waals surface area contributed by atoms with E-state index in [0.717, 1.165) is 11.1 Å². The van der Waals surface area contributed by atoms with Gasteiger partial charge >= 0.3 is 0 Å². The quantitative estimate of drug-likeness (QED) is 0.635. The molecule has 0 unspecified atom stereocenters. The molecule has 2 aromatic rings. The van der Waals surface area contributed by atoms with Crippen LogP contribution in [0, 0.1) is 12.7 Å². The molecule has 0 saturated carbocycles. The molecule has 0 bridgehead atoms. The summed E-state index contributed by atoms with van der Waals surface area (Å²) in [6.45, 7) is 1.80. The third-order valence-electron chi connectivity index (χ3n) is 1.72. The van der Waals surface area contributed by atoms with Crippen LogP contribution >= 0.6 is 12.6 Å². The molecule has 0 aliphatic rings. The van der Waals surface area contributed by atoms with Gasteiger partial charge in [-0.3, -0.25) is 0 Å². The zero-order valence-corrected chi connectivity index (χ0v) is 7.23. The fourth-order valence-corrected chi connectivity index (χ4v) is 1.26. The van der Waals surface area contributed by atoms with Crippen LogP contribution in [0.2, 0.25) is 0 Å². The first-order chi connectivity index (χ1) is 5.68. The molecule has 62 valence electrons. The van der Waals surface area contributed by atoms with Gasteiger partial charge in [-0.2, -0.15) is 0 Å². The number of thiol groups is 1. The van der Waals surface area contributed by atoms with Gasteiger partial charge in [0.2, 0.25) is 0 Å². The van der Waals surface area contributed by atoms with E-state index in [1.807, 2.05) is 0 Å². The molecule has 0 N–H and O–H groups in total. The second-order valence-corrected chi connectivity index (χ2v) is 3.05. The van der Waals surface area contributed by atoms with Crippen LogP contribution in [0.3, 0.4) is 0 Å². The van der Waals surface area contributed by atoms with Crippen LogP contribution < -0.4 is 0 Å². The Bertz CT molecular complexity index is 438. The summed E-state index contributed by atoms with van der Waals surface area (Å²) in [7, 11) is 0. The van der Waals surface area contributed by atoms with Crippen molar-refractivity contribution < 1.29 is 8.91 Å². The number of hydrogen-bond acceptors (Lipinski definition) is 3. The highest BCUT2D eigenvalue weighted by Crippen LogP contribution is 2.23. The van der Waals surface area contributed by atoms with Crippen molar-refractivity contribution in [3.63, 3.8) is 0 Å². The number of hydrogen-bond donors (Lipinski definition) is 1. The van der Waals surface area contributed by atoms with Gasteiger partial charge in [0.1, 0.15) is 5.82 Å². The summed E-state index contributed by atoms with van der Waals surface area (Å²) in [6.07, 6.45) is 0. The number of nitrogens with zero attached hydrogens (tertiary/aromatic N) is 1. The molecule has 0 spiro atoms. The standard InChI is InChI=1S/C8H6FNOS/c1-4-5-2-8(12)6(9)3-7(5)11-10-4/h2-3,12H,1H3. The van der Waals surface area contributed by atoms with E-state index in [2.05, 4.69) is 17.8 Å². The van der Waals surface area contributed by atoms with E-state index < -0.39 is 0 Å². The Balaban J connectivity index is 2.87. The molecule has 0 atom stereocenters. The summed E-state index contributed by atoms with van der Waals surface area (Å²) in [6, 6.07) is 2.90. The molecule has 0 radical (unpaired) electrons. The lowest BCUT2D eigenvalue weighted by atomic mass is 10.2. The van der Waals surface area contributed by atoms with E-state index in [1.54, 1.807) is 13.0 Å². The first-order valence-corrected chi connectivity index (χ1v) is 3.87. The molecule has 1 aromatic carbocycles. The van der Waals surface area contributed by atoms with Crippen molar-refractivity contribution in [3.8, 4) is 0 Å². The average molecular weight is 183 g/mol. The van der Waals surface area contributed by atoms with Crippen molar-refractivity contribution in [1.82, 2.24) is 5.16 Å². The van der Waals surface area contributed by atoms with Gasteiger partial charge in [0.15, 0.2) is 5.58 Å². The SMILES string of the molecule is Cc1noc2cc(F)c(S)cc12. The Labute approximate surface area is 73.8 Å². The molecule has 4 heteroatoms. The van der Waals surface area contributed by atoms with E-state index in [-0.39, 0.29) is 5.82 Å². The molecule has 0 fully saturated rings. The normalized spacial score (nSPS) is 10.9. The van der Waals surface area contributed by atoms with Crippen LogP contribution in [0.1, 0.15) is 5.69 Å². The number of rotatable bonds is 0. The van der Waals surface area contributed by atoms with Crippen LogP contribution in [-0.4, -0.2) is 5.16 Å². The molecule has 1 heterocycles. The lowest BCUT2D eigenvalue weighted by Gasteiger charge is -1.93. The van der Waals surface area contributed by atoms with Crippen LogP contribution in [0.25, 0.3) is 11.0 Å². The second kappa shape index (κ2) is 2.48. The third kappa shape index (κ3) is 0.992. The summed E-state index contributed by atoms with van der Waals surface area (Å²) >= 11 is 3.95. The topological polar surface area (TPSA) is 26.0 Å². The lowest BCUT2D eigenvalue weighted by Crippen LogP contribution is -1.77. The molecule has 2 nitrogen and oxygen atoms in total. The molecule has 1 aromatic heterocycles. The molecular weight excluding hydrogens is 177 g/mol. The Morgan fingerprint density at radius 2 is 2.25 bits per heavy atom. The maximum atomic E-state index is 12.9. The number of aromatic nitrogens is 1. The third-order valence-corrected chi connectivity index (χ3v) is 2.06. The van der Waals surface area contributed by atoms with Crippen molar-refractivity contribution in [2.45, 2.75) is 11.8 Å². The first kappa shape index (κ1) is 7.61. The lowest BCUT2D eigenvalue weighted by molar-refractivity contribution is 0.448. The van der Waals surface area contributed by atoms with E-state index in [0.29, 0.717) is 10.5 Å². The summed E-state index contributed by atoms with van der Waals surface area (Å²) in [5, 5.41) is 4.51. The highest BCUT2D eigenvalue weighted by atomic mass is 32.1. The minimum Gasteiger partial charge on any atom is -0.356 e. The van der Waals surface area contributed by atoms with E-state index in [4.69, 9.17) is 4.52 Å². The van der Waals surface area contributed by atoms with Crippen molar-refractivity contribution in [2.75, 3.05) is 0 Å². The van der Waals surface area contributed by atoms with E-state index in [1.165, 1.54) is 6.07 Å². The maximum Gasteiger partial charge on any atom is 0.170 e. The van der Waals surface area contributed by atoms with Crippen LogP contribution in [-0.2, 0) is 0 Å². The van der Waals surface area contributed by atoms with Gasteiger partial charge in [-0.1, -0.05) is 5.16 Å². The smallest absolute Gasteiger partial charge is 0.170 e. The van der Waals surface area contributed by atoms with Gasteiger partial charge in [-0.25, -0.2) is 4.39 Å². The van der Waals surface area contributed by atoms with Gasteiger partial charge in [-0.15, -0.1) is 12.6 Å². The number of benzene rings is 1. The van der Waals surface area contributed by atoms with Crippen molar-refractivity contribution in [3.05, 3.63) is 23.6 Å². The zero-order chi connectivity index (χ0) is 8.72. The van der Waals surface area contributed by atoms with Gasteiger partial charge < -0.3 is 4.52 Å². The molecule has 0 saturated heterocycles. The molecule has 0 aliphatic carbocycles. The predicted molar refractivity (Wildman–Crippen MR) is 46.0 cm³/mol. The number of halogens is 1. The highest BCUT2D eigenvalue weighted by Gasteiger charge is 2.07. The van der Waals surface area contributed by atoms with Crippen molar-refractivity contribution in [1.29, 1.82) is 0 Å². The first-order valence-electron chi connectivity index (χ1n) is 3.43. The zero-order valence-electron chi connectivity index (χ0n) is 6.34. The highest BCUT2D eigenvalue weighted by molar-refractivity contribution is 7.80. The fourth-order valence-electron chi connectivity index (χ4n) is 1.07. The Morgan fingerprint density at radius 1 is 1.50 bits per heavy atom. The van der Waals surface area contributed by atoms with E-state index >= 15 is 0 Å². The van der Waals surface area contributed by atoms with Gasteiger partial charge in [-0.05, 0) is 13.0 Å². The van der Waals surface area contributed by atoms with Gasteiger partial charge in [0.05, 0.1) is 5.69 Å². The van der Waals surface area contributed by atoms with Gasteiger partial charge in [0.25, 0.3) is 0 Å². The number of aryl methyl sites for hydroxylation is 1. The summed E-state index contributed by atoms with van der Waals surface area (Å²) < 4.78 is 17.8. The van der Waals surface area contributed by atoms with Gasteiger partial charge in [0, 0.05) is 16.3 Å². The predicted octanol–water partition coefficient (Wildman–Crippen LogP) is 2.56. The Hall–Kier alpha value is -1.03. The second-order valence-electron chi connectivity index (χ2n) is 2.57. The van der Waals surface area contributed by atoms with Crippen LogP contribution in [0.5, 0.6) is 0 Å². The summed E-state index contributed by atoms with van der Waals surface area (Å²) in [5.41, 5.74) is 1.21. The maximum absolute atomic E-state index is 12.9. The minimum atomic E-state index is -0.387. The van der Waals surface area contributed by atoms with E-state index in [9.17, 15) is 4.39 Å². The molecule has 2 rings (SSSR count). The minimum absolute atomic E-state index is 0.314. The largest absolute Gasteiger partial charge is 0.356 e. The fraction of sp³-hybridized carbons (Fsp3) is 0.125. The monoisotopic (exact) mass is 183 g/mol. The van der Waals surface area contributed by atoms with Crippen LogP contribution in [0.15, 0.2) is 21.6 Å². The molecule has 0 aliphatic heterocycles. The molecule has 0 amide bonds. The van der Waals surface area contributed by atoms with Crippen molar-refractivity contribution in [2.24, 2.45) is 0 Å². The molecule has 12 heavy (non-hydrogen) atoms. The number of fused-ring (bicyclic) bond motifs is 1. The van der Waals surface area contributed by atoms with Crippen molar-refractivity contribution >= 4 is 23.6 Å². The Morgan fingerprint density at radius 3 is 3.00 bits per heavy atom. The summed E-state index contributed by atoms with van der Waals surface area (Å²) in [5.74, 6) is -0.387. The Kier molecular flexibility index (Phi) is 1.58. The average Bonchev–Trinajstić information content (AvgIpc) is 2.35.